The van der Waals surface area contributed by atoms with Crippen LogP contribution in [0.5, 0.6) is 0 Å². The predicted octanol–water partition coefficient (Wildman–Crippen LogP) is 1.64. The quantitative estimate of drug-likeness (QED) is 0.172. The minimum Gasteiger partial charge on any atom is -0.431 e. The van der Waals surface area contributed by atoms with Crippen LogP contribution >= 0.6 is 7.82 Å². The highest BCUT2D eigenvalue weighted by atomic mass is 31.2. The average molecular weight is 628 g/mol. The number of nitrogens with zero attached hydrogens (tertiary/aromatic N) is 4. The van der Waals surface area contributed by atoms with Gasteiger partial charge in [0.1, 0.15) is 48.4 Å². The number of fused-ring (bicyclic) bond motifs is 1. The van der Waals surface area contributed by atoms with E-state index in [-0.39, 0.29) is 23.7 Å². The number of nitriles is 1. The third-order valence-corrected chi connectivity index (χ3v) is 8.60. The largest absolute Gasteiger partial charge is 0.510 e. The summed E-state index contributed by atoms with van der Waals surface area (Å²) in [5, 5.41) is 35.7. The Morgan fingerprint density at radius 1 is 1.07 bits per heavy atom. The first-order chi connectivity index (χ1) is 20.6. The number of rotatable bonds is 12. The van der Waals surface area contributed by atoms with Crippen molar-refractivity contribution in [2.24, 2.45) is 0 Å². The molecule has 5 rings (SSSR count). The number of ether oxygens (including phenoxy) is 5. The molecule has 0 unspecified atom stereocenters. The van der Waals surface area contributed by atoms with E-state index in [2.05, 4.69) is 10.1 Å². The lowest BCUT2D eigenvalue weighted by Crippen LogP contribution is -2.41. The van der Waals surface area contributed by atoms with Crippen LogP contribution in [0.2, 0.25) is 0 Å². The number of anilines is 1. The first kappa shape index (κ1) is 30.9. The molecule has 18 nitrogen and oxygen atoms in total. The lowest BCUT2D eigenvalue weighted by atomic mass is 9.92. The number of aromatic nitrogens is 3. The molecule has 234 valence electrons. The maximum absolute atomic E-state index is 13.3. The van der Waals surface area contributed by atoms with Crippen LogP contribution in [-0.4, -0.2) is 87.8 Å². The molecule has 3 fully saturated rings. The molecule has 1 saturated heterocycles. The Morgan fingerprint density at radius 2 is 1.67 bits per heavy atom. The van der Waals surface area contributed by atoms with Gasteiger partial charge in [0.25, 0.3) is 0 Å². The fourth-order valence-corrected chi connectivity index (χ4v) is 5.34. The molecule has 2 saturated carbocycles. The number of carbonyl (C=O) groups is 2. The fourth-order valence-electron chi connectivity index (χ4n) is 4.42. The molecule has 4 atom stereocenters. The lowest BCUT2D eigenvalue weighted by Gasteiger charge is -2.25. The van der Waals surface area contributed by atoms with Crippen molar-refractivity contribution >= 4 is 31.5 Å². The van der Waals surface area contributed by atoms with Crippen LogP contribution in [0.3, 0.4) is 0 Å². The van der Waals surface area contributed by atoms with Crippen LogP contribution < -0.4 is 5.73 Å². The van der Waals surface area contributed by atoms with Gasteiger partial charge < -0.3 is 39.6 Å². The topological polar surface area (TPSA) is 246 Å². The number of phosphoric acid groups is 1. The van der Waals surface area contributed by atoms with Gasteiger partial charge in [-0.25, -0.2) is 32.7 Å². The molecule has 2 aliphatic carbocycles. The summed E-state index contributed by atoms with van der Waals surface area (Å²) in [6.45, 7) is -2.64. The number of nitrogen functional groups attached to an aromatic ring is 1. The summed E-state index contributed by atoms with van der Waals surface area (Å²) in [4.78, 5) is 27.5. The Labute approximate surface area is 244 Å². The molecule has 3 heterocycles. The van der Waals surface area contributed by atoms with Crippen molar-refractivity contribution in [1.82, 2.24) is 14.6 Å². The van der Waals surface area contributed by atoms with Gasteiger partial charge in [0, 0.05) is 0 Å². The molecule has 19 heteroatoms. The average Bonchev–Trinajstić information content (AvgIpc) is 3.48. The van der Waals surface area contributed by atoms with Gasteiger partial charge in [0.05, 0.1) is 12.3 Å². The minimum absolute atomic E-state index is 0.0283. The number of carbonyl (C=O) groups excluding carboxylic acids is 2. The van der Waals surface area contributed by atoms with E-state index in [9.17, 15) is 29.6 Å². The van der Waals surface area contributed by atoms with E-state index in [0.29, 0.717) is 31.2 Å². The maximum atomic E-state index is 13.3. The first-order valence-corrected chi connectivity index (χ1v) is 14.8. The van der Waals surface area contributed by atoms with E-state index in [0.717, 1.165) is 19.2 Å². The van der Waals surface area contributed by atoms with E-state index < -0.39 is 64.2 Å². The maximum Gasteiger partial charge on any atom is 0.510 e. The van der Waals surface area contributed by atoms with Gasteiger partial charge in [-0.05, 0) is 50.7 Å². The molecular weight excluding hydrogens is 597 g/mol. The molecule has 0 bridgehead atoms. The summed E-state index contributed by atoms with van der Waals surface area (Å²) in [5.74, 6) is 0.0927. The summed E-state index contributed by atoms with van der Waals surface area (Å²) in [6.07, 6.45) is -2.02. The van der Waals surface area contributed by atoms with Crippen molar-refractivity contribution < 1.29 is 61.6 Å². The number of aliphatic hydroxyl groups excluding tert-OH is 2. The van der Waals surface area contributed by atoms with E-state index in [1.54, 1.807) is 0 Å². The molecule has 1 aliphatic heterocycles. The Bertz CT molecular complexity index is 1370. The Kier molecular flexibility index (Phi) is 9.32. The second kappa shape index (κ2) is 13.0. The second-order valence-electron chi connectivity index (χ2n) is 9.97. The van der Waals surface area contributed by atoms with E-state index in [4.69, 9.17) is 43.0 Å². The zero-order valence-corrected chi connectivity index (χ0v) is 23.6. The number of aliphatic hydroxyl groups is 2. The van der Waals surface area contributed by atoms with Crippen LogP contribution in [0.25, 0.3) is 5.52 Å². The van der Waals surface area contributed by atoms with Crippen LogP contribution in [0.1, 0.15) is 44.2 Å². The van der Waals surface area contributed by atoms with Crippen LogP contribution in [0.15, 0.2) is 18.5 Å². The van der Waals surface area contributed by atoms with Crippen molar-refractivity contribution in [3.63, 3.8) is 0 Å². The monoisotopic (exact) mass is 627 g/mol. The molecule has 0 amide bonds. The zero-order chi connectivity index (χ0) is 30.6. The molecule has 0 aromatic carbocycles. The number of phosphoric ester groups is 1. The predicted molar refractivity (Wildman–Crippen MR) is 137 cm³/mol. The summed E-state index contributed by atoms with van der Waals surface area (Å²) < 4.78 is 55.2. The molecule has 2 aromatic heterocycles. The summed E-state index contributed by atoms with van der Waals surface area (Å²) in [5.41, 5.74) is 4.04. The highest BCUT2D eigenvalue weighted by Crippen LogP contribution is 2.51. The molecule has 43 heavy (non-hydrogen) atoms. The molecule has 2 aromatic rings. The van der Waals surface area contributed by atoms with Crippen LogP contribution in [-0.2, 0) is 47.4 Å². The van der Waals surface area contributed by atoms with Crippen LogP contribution in [0, 0.1) is 11.3 Å². The SMILES string of the molecule is N#C[C@@]1(c2ccc3c(N)ncnn23)O[C@H](COP(=O)(OCOC(=O)OC2CCC2)OCOC(=O)OC2CCC2)[C@@H](O)[C@H]1O. The molecular formula is C24H30N5O13P. The normalized spacial score (nSPS) is 25.8. The van der Waals surface area contributed by atoms with Gasteiger partial charge in [-0.1, -0.05) is 0 Å². The van der Waals surface area contributed by atoms with Gasteiger partial charge >= 0.3 is 20.1 Å². The van der Waals surface area contributed by atoms with E-state index >= 15 is 0 Å². The Balaban J connectivity index is 1.23. The van der Waals surface area contributed by atoms with Crippen molar-refractivity contribution in [1.29, 1.82) is 5.26 Å². The standard InChI is InChI=1S/C24H30N5O13P/c25-10-24(18-8-7-16-21(26)27-11-28-29(16)18)20(31)19(30)17(42-24)9-37-43(34,38-12-35-22(32)40-14-3-1-4-14)39-13-36-23(33)41-15-5-2-6-15/h7-8,11,14-15,17,19-20,30-31H,1-6,9,12-13H2,(H2,26,27,28)/t17-,19-,20-,24+/m1/s1. The first-order valence-electron chi connectivity index (χ1n) is 13.4. The van der Waals surface area contributed by atoms with Crippen molar-refractivity contribution in [3.8, 4) is 6.07 Å². The summed E-state index contributed by atoms with van der Waals surface area (Å²) >= 11 is 0. The molecule has 0 spiro atoms. The lowest BCUT2D eigenvalue weighted by molar-refractivity contribution is -0.0787. The fraction of sp³-hybridized carbons (Fsp3) is 0.625. The van der Waals surface area contributed by atoms with Gasteiger partial charge in [-0.15, -0.1) is 0 Å². The number of hydrogen-bond donors (Lipinski definition) is 3. The molecule has 3 aliphatic rings. The van der Waals surface area contributed by atoms with E-state index in [1.165, 1.54) is 16.6 Å². The summed E-state index contributed by atoms with van der Waals surface area (Å²) in [6, 6.07) is 4.77. The van der Waals surface area contributed by atoms with Crippen molar-refractivity contribution in [2.75, 3.05) is 25.9 Å². The third-order valence-electron chi connectivity index (χ3n) is 7.29. The highest BCUT2D eigenvalue weighted by Gasteiger charge is 2.58. The minimum atomic E-state index is -4.70. The van der Waals surface area contributed by atoms with Gasteiger partial charge in [0.2, 0.25) is 19.2 Å². The van der Waals surface area contributed by atoms with Crippen LogP contribution in [0.4, 0.5) is 15.4 Å². The van der Waals surface area contributed by atoms with Gasteiger partial charge in [-0.3, -0.25) is 4.52 Å². The molecule has 0 radical (unpaired) electrons. The van der Waals surface area contributed by atoms with Crippen molar-refractivity contribution in [3.05, 3.63) is 24.2 Å². The highest BCUT2D eigenvalue weighted by molar-refractivity contribution is 7.48. The van der Waals surface area contributed by atoms with E-state index in [1.807, 2.05) is 6.07 Å². The second-order valence-corrected chi connectivity index (χ2v) is 11.6. The molecule has 4 N–H and O–H groups in total. The Hall–Kier alpha value is -3.56. The smallest absolute Gasteiger partial charge is 0.431 e. The zero-order valence-electron chi connectivity index (χ0n) is 22.7. The Morgan fingerprint density at radius 3 is 2.21 bits per heavy atom. The van der Waals surface area contributed by atoms with Gasteiger partial charge in [-0.2, -0.15) is 10.4 Å². The number of nitrogens with two attached hydrogens (primary N) is 1. The van der Waals surface area contributed by atoms with Gasteiger partial charge in [0.15, 0.2) is 5.82 Å². The summed E-state index contributed by atoms with van der Waals surface area (Å²) in [7, 11) is -4.70. The number of hydrogen-bond acceptors (Lipinski definition) is 17. The third kappa shape index (κ3) is 6.68. The van der Waals surface area contributed by atoms with Crippen molar-refractivity contribution in [2.45, 2.75) is 74.6 Å².